The molecule has 1 amide bonds. The summed E-state index contributed by atoms with van der Waals surface area (Å²) in [5.41, 5.74) is 9.00. The first-order chi connectivity index (χ1) is 17.0. The van der Waals surface area contributed by atoms with Crippen LogP contribution in [-0.4, -0.2) is 37.6 Å². The number of hydrogen-bond acceptors (Lipinski definition) is 6. The van der Waals surface area contributed by atoms with E-state index in [2.05, 4.69) is 31.4 Å². The van der Waals surface area contributed by atoms with Gasteiger partial charge in [-0.1, -0.05) is 72.4 Å². The predicted octanol–water partition coefficient (Wildman–Crippen LogP) is 4.78. The Morgan fingerprint density at radius 3 is 2.43 bits per heavy atom. The summed E-state index contributed by atoms with van der Waals surface area (Å²) in [4.78, 5) is 12.2. The Morgan fingerprint density at radius 1 is 1.06 bits per heavy atom. The van der Waals surface area contributed by atoms with Gasteiger partial charge in [0.15, 0.2) is 23.3 Å². The standard InChI is InChI=1S/C26H27BrN4O3S/c1-33-23-14-21(16-30-31-26(28)35-18-20-10-6-3-7-11-20)22(27)15-24(23)34-17-25(32)29-13-12-19-8-4-2-5-9-19/h2-11,14-16H,12-13,17-18H2,1H3,(H2,28,31)(H,29,32). The van der Waals surface area contributed by atoms with Crippen molar-refractivity contribution in [3.05, 3.63) is 94.0 Å². The number of carbonyl (C=O) groups is 1. The summed E-state index contributed by atoms with van der Waals surface area (Å²) in [5.74, 6) is 1.43. The number of nitrogens with two attached hydrogens (primary N) is 1. The van der Waals surface area contributed by atoms with Gasteiger partial charge < -0.3 is 20.5 Å². The van der Waals surface area contributed by atoms with Crippen LogP contribution in [0.5, 0.6) is 11.5 Å². The van der Waals surface area contributed by atoms with E-state index in [9.17, 15) is 4.79 Å². The highest BCUT2D eigenvalue weighted by atomic mass is 79.9. The second kappa shape index (κ2) is 14.2. The molecule has 0 radical (unpaired) electrons. The Bertz CT molecular complexity index is 1160. The summed E-state index contributed by atoms with van der Waals surface area (Å²) in [5, 5.41) is 11.3. The first-order valence-corrected chi connectivity index (χ1v) is 12.7. The van der Waals surface area contributed by atoms with E-state index < -0.39 is 0 Å². The maximum Gasteiger partial charge on any atom is 0.257 e. The van der Waals surface area contributed by atoms with Crippen molar-refractivity contribution in [3.8, 4) is 11.5 Å². The van der Waals surface area contributed by atoms with Gasteiger partial charge in [-0.25, -0.2) is 0 Å². The Hall–Kier alpha value is -3.30. The molecule has 0 heterocycles. The average Bonchev–Trinajstić information content (AvgIpc) is 2.88. The van der Waals surface area contributed by atoms with Crippen molar-refractivity contribution in [3.63, 3.8) is 0 Å². The van der Waals surface area contributed by atoms with Gasteiger partial charge in [0.05, 0.1) is 13.3 Å². The van der Waals surface area contributed by atoms with E-state index in [1.54, 1.807) is 18.3 Å². The zero-order chi connectivity index (χ0) is 24.9. The van der Waals surface area contributed by atoms with E-state index in [4.69, 9.17) is 15.2 Å². The van der Waals surface area contributed by atoms with E-state index in [1.807, 2.05) is 60.7 Å². The van der Waals surface area contributed by atoms with Crippen molar-refractivity contribution in [2.45, 2.75) is 12.2 Å². The van der Waals surface area contributed by atoms with Gasteiger partial charge in [0.1, 0.15) is 0 Å². The molecule has 3 rings (SSSR count). The van der Waals surface area contributed by atoms with Gasteiger partial charge in [0, 0.05) is 22.3 Å². The van der Waals surface area contributed by atoms with Crippen LogP contribution in [0.15, 0.2) is 87.5 Å². The van der Waals surface area contributed by atoms with Crippen molar-refractivity contribution < 1.29 is 14.3 Å². The summed E-state index contributed by atoms with van der Waals surface area (Å²) in [6.07, 6.45) is 2.33. The van der Waals surface area contributed by atoms with Crippen molar-refractivity contribution in [2.24, 2.45) is 15.9 Å². The minimum Gasteiger partial charge on any atom is -0.493 e. The largest absolute Gasteiger partial charge is 0.493 e. The number of carbonyl (C=O) groups excluding carboxylic acids is 1. The molecule has 9 heteroatoms. The van der Waals surface area contributed by atoms with Crippen LogP contribution in [0.4, 0.5) is 0 Å². The molecule has 0 aromatic heterocycles. The minimum absolute atomic E-state index is 0.121. The monoisotopic (exact) mass is 554 g/mol. The van der Waals surface area contributed by atoms with Crippen molar-refractivity contribution in [1.29, 1.82) is 0 Å². The van der Waals surface area contributed by atoms with Crippen LogP contribution in [0.1, 0.15) is 16.7 Å². The second-order valence-corrected chi connectivity index (χ2v) is 9.21. The number of thioether (sulfide) groups is 1. The Balaban J connectivity index is 1.51. The molecule has 0 aliphatic heterocycles. The number of amidine groups is 1. The lowest BCUT2D eigenvalue weighted by atomic mass is 10.1. The van der Waals surface area contributed by atoms with Gasteiger partial charge in [-0.05, 0) is 45.6 Å². The SMILES string of the molecule is COc1cc(C=NN=C(N)SCc2ccccc2)c(Br)cc1OCC(=O)NCCc1ccccc1. The maximum atomic E-state index is 12.2. The smallest absolute Gasteiger partial charge is 0.257 e. The van der Waals surface area contributed by atoms with Crippen molar-refractivity contribution >= 4 is 45.0 Å². The van der Waals surface area contributed by atoms with Crippen LogP contribution in [-0.2, 0) is 17.0 Å². The fraction of sp³-hybridized carbons (Fsp3) is 0.192. The molecule has 3 N–H and O–H groups in total. The lowest BCUT2D eigenvalue weighted by molar-refractivity contribution is -0.123. The van der Waals surface area contributed by atoms with Crippen molar-refractivity contribution in [2.75, 3.05) is 20.3 Å². The third-order valence-electron chi connectivity index (χ3n) is 4.80. The molecule has 0 spiro atoms. The number of ether oxygens (including phenoxy) is 2. The van der Waals surface area contributed by atoms with E-state index in [0.29, 0.717) is 27.7 Å². The summed E-state index contributed by atoms with van der Waals surface area (Å²) in [7, 11) is 1.54. The minimum atomic E-state index is -0.206. The van der Waals surface area contributed by atoms with Crippen LogP contribution < -0.4 is 20.5 Å². The molecule has 0 atom stereocenters. The van der Waals surface area contributed by atoms with Gasteiger partial charge in [0.2, 0.25) is 0 Å². The normalized spacial score (nSPS) is 11.4. The van der Waals surface area contributed by atoms with Gasteiger partial charge in [0.25, 0.3) is 5.91 Å². The third kappa shape index (κ3) is 9.11. The summed E-state index contributed by atoms with van der Waals surface area (Å²) >= 11 is 4.91. The van der Waals surface area contributed by atoms with Gasteiger partial charge in [-0.3, -0.25) is 4.79 Å². The Labute approximate surface area is 217 Å². The van der Waals surface area contributed by atoms with Crippen molar-refractivity contribution in [1.82, 2.24) is 5.32 Å². The number of amides is 1. The van der Waals surface area contributed by atoms with E-state index in [1.165, 1.54) is 18.9 Å². The highest BCUT2D eigenvalue weighted by Gasteiger charge is 2.11. The summed E-state index contributed by atoms with van der Waals surface area (Å²) < 4.78 is 11.8. The molecule has 0 unspecified atom stereocenters. The first kappa shape index (κ1) is 26.3. The molecule has 3 aromatic rings. The molecule has 0 bridgehead atoms. The van der Waals surface area contributed by atoms with Crippen LogP contribution in [0.25, 0.3) is 0 Å². The van der Waals surface area contributed by atoms with E-state index >= 15 is 0 Å². The second-order valence-electron chi connectivity index (χ2n) is 7.36. The number of hydrogen-bond donors (Lipinski definition) is 2. The number of benzene rings is 3. The van der Waals surface area contributed by atoms with E-state index in [-0.39, 0.29) is 12.5 Å². The average molecular weight is 555 g/mol. The summed E-state index contributed by atoms with van der Waals surface area (Å²) in [6, 6.07) is 23.5. The van der Waals surface area contributed by atoms with Gasteiger partial charge >= 0.3 is 0 Å². The van der Waals surface area contributed by atoms with Crippen LogP contribution in [0.3, 0.4) is 0 Å². The number of methoxy groups -OCH3 is 1. The fourth-order valence-electron chi connectivity index (χ4n) is 3.02. The fourth-order valence-corrected chi connectivity index (χ4v) is 4.05. The molecule has 0 aliphatic rings. The third-order valence-corrected chi connectivity index (χ3v) is 6.34. The molecular weight excluding hydrogens is 528 g/mol. The molecule has 3 aromatic carbocycles. The van der Waals surface area contributed by atoms with E-state index in [0.717, 1.165) is 28.9 Å². The number of halogens is 1. The first-order valence-electron chi connectivity index (χ1n) is 10.9. The predicted molar refractivity (Wildman–Crippen MR) is 146 cm³/mol. The highest BCUT2D eigenvalue weighted by molar-refractivity contribution is 9.10. The van der Waals surface area contributed by atoms with Crippen LogP contribution in [0, 0.1) is 0 Å². The maximum absolute atomic E-state index is 12.2. The summed E-state index contributed by atoms with van der Waals surface area (Å²) in [6.45, 7) is 0.417. The quantitative estimate of drug-likeness (QED) is 0.202. The number of nitrogens with zero attached hydrogens (tertiary/aromatic N) is 2. The van der Waals surface area contributed by atoms with Crippen LogP contribution >= 0.6 is 27.7 Å². The van der Waals surface area contributed by atoms with Crippen LogP contribution in [0.2, 0.25) is 0 Å². The molecule has 0 saturated heterocycles. The van der Waals surface area contributed by atoms with Gasteiger partial charge in [-0.2, -0.15) is 5.10 Å². The number of nitrogens with one attached hydrogen (secondary N) is 1. The molecule has 35 heavy (non-hydrogen) atoms. The zero-order valence-corrected chi connectivity index (χ0v) is 21.7. The molecule has 0 saturated carbocycles. The Kier molecular flexibility index (Phi) is 10.7. The molecule has 0 aliphatic carbocycles. The highest BCUT2D eigenvalue weighted by Crippen LogP contribution is 2.33. The topological polar surface area (TPSA) is 98.3 Å². The zero-order valence-electron chi connectivity index (χ0n) is 19.3. The Morgan fingerprint density at radius 2 is 1.74 bits per heavy atom. The lowest BCUT2D eigenvalue weighted by Gasteiger charge is -2.12. The molecular formula is C26H27BrN4O3S. The molecule has 7 nitrogen and oxygen atoms in total. The molecule has 182 valence electrons. The number of rotatable bonds is 11. The lowest BCUT2D eigenvalue weighted by Crippen LogP contribution is -2.30. The molecule has 0 fully saturated rings. The van der Waals surface area contributed by atoms with Gasteiger partial charge in [-0.15, -0.1) is 5.10 Å².